The third kappa shape index (κ3) is 2.92. The molecule has 1 heterocycles. The van der Waals surface area contributed by atoms with Crippen LogP contribution in [0.5, 0.6) is 0 Å². The summed E-state index contributed by atoms with van der Waals surface area (Å²) in [7, 11) is 1.73. The summed E-state index contributed by atoms with van der Waals surface area (Å²) >= 11 is 4.08. The number of nitrogens with zero attached hydrogens (tertiary/aromatic N) is 1. The van der Waals surface area contributed by atoms with Gasteiger partial charge >= 0.3 is 0 Å². The third-order valence-electron chi connectivity index (χ3n) is 2.25. The van der Waals surface area contributed by atoms with Crippen molar-refractivity contribution in [3.05, 3.63) is 11.1 Å². The average molecular weight is 216 g/mol. The van der Waals surface area contributed by atoms with Crippen molar-refractivity contribution >= 4 is 18.5 Å². The van der Waals surface area contributed by atoms with Gasteiger partial charge in [0.15, 0.2) is 0 Å². The van der Waals surface area contributed by atoms with Crippen LogP contribution in [0.3, 0.4) is 0 Å². The summed E-state index contributed by atoms with van der Waals surface area (Å²) < 4.78 is 0. The maximum atomic E-state index is 11.7. The van der Waals surface area contributed by atoms with Gasteiger partial charge in [0.05, 0.1) is 11.0 Å². The number of piperidine rings is 1. The van der Waals surface area contributed by atoms with E-state index in [4.69, 9.17) is 0 Å². The van der Waals surface area contributed by atoms with Gasteiger partial charge in [-0.3, -0.25) is 4.79 Å². The Balaban J connectivity index is 2.49. The minimum absolute atomic E-state index is 0.0745. The normalized spacial score (nSPS) is 19.6. The van der Waals surface area contributed by atoms with Crippen molar-refractivity contribution in [2.24, 2.45) is 0 Å². The molecule has 1 rings (SSSR count). The molecule has 0 bridgehead atoms. The molecule has 0 aromatic rings. The lowest BCUT2D eigenvalue weighted by molar-refractivity contribution is -0.128. The number of thiol groups is 1. The Labute approximate surface area is 89.4 Å². The van der Waals surface area contributed by atoms with Crippen molar-refractivity contribution in [2.45, 2.75) is 18.9 Å². The van der Waals surface area contributed by atoms with Gasteiger partial charge in [0.1, 0.15) is 0 Å². The highest BCUT2D eigenvalue weighted by atomic mass is 32.1. The molecule has 0 atom stereocenters. The van der Waals surface area contributed by atoms with Crippen LogP contribution in [0.25, 0.3) is 0 Å². The molecule has 0 radical (unpaired) electrons. The number of rotatable bonds is 2. The molecule has 14 heavy (non-hydrogen) atoms. The molecular formula is C9H16N2O2S. The van der Waals surface area contributed by atoms with Crippen molar-refractivity contribution < 1.29 is 9.90 Å². The van der Waals surface area contributed by atoms with Crippen molar-refractivity contribution in [1.29, 1.82) is 0 Å². The quantitative estimate of drug-likeness (QED) is 0.448. The van der Waals surface area contributed by atoms with Gasteiger partial charge in [-0.25, -0.2) is 0 Å². The molecule has 4 nitrogen and oxygen atoms in total. The molecule has 0 aliphatic carbocycles. The maximum absolute atomic E-state index is 11.7. The van der Waals surface area contributed by atoms with Crippen LogP contribution in [0.1, 0.15) is 12.8 Å². The van der Waals surface area contributed by atoms with E-state index >= 15 is 0 Å². The summed E-state index contributed by atoms with van der Waals surface area (Å²) in [5.41, 5.74) is 0. The highest BCUT2D eigenvalue weighted by Crippen LogP contribution is 2.13. The highest BCUT2D eigenvalue weighted by molar-refractivity contribution is 7.85. The van der Waals surface area contributed by atoms with Crippen LogP contribution >= 0.6 is 12.6 Å². The molecule has 0 unspecified atom stereocenters. The molecule has 1 fully saturated rings. The average Bonchev–Trinajstić information content (AvgIpc) is 2.18. The van der Waals surface area contributed by atoms with E-state index in [1.807, 2.05) is 0 Å². The van der Waals surface area contributed by atoms with Gasteiger partial charge in [-0.2, -0.15) is 0 Å². The lowest BCUT2D eigenvalue weighted by Gasteiger charge is -2.29. The van der Waals surface area contributed by atoms with E-state index in [2.05, 4.69) is 17.9 Å². The number of carbonyl (C=O) groups excluding carboxylic acids is 1. The molecule has 0 aromatic carbocycles. The minimum atomic E-state index is -0.254. The van der Waals surface area contributed by atoms with Crippen molar-refractivity contribution in [3.63, 3.8) is 0 Å². The second kappa shape index (κ2) is 5.26. The molecule has 1 amide bonds. The molecule has 0 spiro atoms. The maximum Gasteiger partial charge on any atom is 0.261 e. The molecule has 1 aliphatic heterocycles. The molecule has 0 aromatic heterocycles. The van der Waals surface area contributed by atoms with Gasteiger partial charge in [-0.1, -0.05) is 0 Å². The standard InChI is InChI=1S/C9H16N2O2S/c1-10-6-8(14)9(13)11-4-2-7(12)3-5-11/h6-7,10,12,14H,2-5H2,1H3/b8-6-. The van der Waals surface area contributed by atoms with Crippen LogP contribution in [0.4, 0.5) is 0 Å². The fourth-order valence-electron chi connectivity index (χ4n) is 1.43. The van der Waals surface area contributed by atoms with E-state index in [-0.39, 0.29) is 12.0 Å². The Morgan fingerprint density at radius 1 is 1.57 bits per heavy atom. The predicted molar refractivity (Wildman–Crippen MR) is 57.9 cm³/mol. The van der Waals surface area contributed by atoms with Crippen molar-refractivity contribution in [2.75, 3.05) is 20.1 Å². The summed E-state index contributed by atoms with van der Waals surface area (Å²) in [6, 6.07) is 0. The first-order valence-electron chi connectivity index (χ1n) is 4.69. The largest absolute Gasteiger partial charge is 0.393 e. The summed E-state index contributed by atoms with van der Waals surface area (Å²) in [4.78, 5) is 13.8. The number of aliphatic hydroxyl groups excluding tert-OH is 1. The smallest absolute Gasteiger partial charge is 0.261 e. The Hall–Kier alpha value is -0.680. The summed E-state index contributed by atoms with van der Waals surface area (Å²) in [6.45, 7) is 1.23. The van der Waals surface area contributed by atoms with E-state index in [0.717, 1.165) is 0 Å². The predicted octanol–water partition coefficient (Wildman–Crippen LogP) is -0.0397. The third-order valence-corrected chi connectivity index (χ3v) is 2.57. The zero-order valence-corrected chi connectivity index (χ0v) is 9.13. The van der Waals surface area contributed by atoms with Crippen LogP contribution < -0.4 is 5.32 Å². The second-order valence-electron chi connectivity index (χ2n) is 3.34. The zero-order valence-electron chi connectivity index (χ0n) is 8.23. The summed E-state index contributed by atoms with van der Waals surface area (Å²) in [5.74, 6) is -0.0745. The van der Waals surface area contributed by atoms with Gasteiger partial charge < -0.3 is 15.3 Å². The lowest BCUT2D eigenvalue weighted by atomic mass is 10.1. The van der Waals surface area contributed by atoms with Gasteiger partial charge in [-0.05, 0) is 12.8 Å². The van der Waals surface area contributed by atoms with Gasteiger partial charge in [-0.15, -0.1) is 12.6 Å². The number of amides is 1. The van der Waals surface area contributed by atoms with Gasteiger partial charge in [0.25, 0.3) is 5.91 Å². The first kappa shape index (κ1) is 11.4. The molecule has 1 saturated heterocycles. The highest BCUT2D eigenvalue weighted by Gasteiger charge is 2.22. The van der Waals surface area contributed by atoms with Crippen molar-refractivity contribution in [1.82, 2.24) is 10.2 Å². The van der Waals surface area contributed by atoms with E-state index in [9.17, 15) is 9.90 Å². The molecule has 0 saturated carbocycles. The molecule has 5 heteroatoms. The molecule has 80 valence electrons. The number of carbonyl (C=O) groups is 1. The first-order valence-corrected chi connectivity index (χ1v) is 5.13. The molecular weight excluding hydrogens is 200 g/mol. The van der Waals surface area contributed by atoms with E-state index in [0.29, 0.717) is 30.8 Å². The van der Waals surface area contributed by atoms with E-state index < -0.39 is 0 Å². The second-order valence-corrected chi connectivity index (χ2v) is 3.82. The number of hydrogen-bond donors (Lipinski definition) is 3. The summed E-state index contributed by atoms with van der Waals surface area (Å²) in [6.07, 6.45) is 2.63. The topological polar surface area (TPSA) is 52.6 Å². The minimum Gasteiger partial charge on any atom is -0.393 e. The SMILES string of the molecule is CN/C=C(\S)C(=O)N1CCC(O)CC1. The first-order chi connectivity index (χ1) is 6.65. The number of likely N-dealkylation sites (tertiary alicyclic amines) is 1. The monoisotopic (exact) mass is 216 g/mol. The van der Waals surface area contributed by atoms with Gasteiger partial charge in [0.2, 0.25) is 0 Å². The van der Waals surface area contributed by atoms with E-state index in [1.54, 1.807) is 18.1 Å². The van der Waals surface area contributed by atoms with Crippen LogP contribution in [0, 0.1) is 0 Å². The van der Waals surface area contributed by atoms with Crippen molar-refractivity contribution in [3.8, 4) is 0 Å². The summed E-state index contributed by atoms with van der Waals surface area (Å²) in [5, 5.41) is 12.0. The van der Waals surface area contributed by atoms with E-state index in [1.165, 1.54) is 0 Å². The number of nitrogens with one attached hydrogen (secondary N) is 1. The fraction of sp³-hybridized carbons (Fsp3) is 0.667. The van der Waals surface area contributed by atoms with Crippen LogP contribution in [-0.2, 0) is 4.79 Å². The number of hydrogen-bond acceptors (Lipinski definition) is 4. The number of aliphatic hydroxyl groups is 1. The van der Waals surface area contributed by atoms with Gasteiger partial charge in [0, 0.05) is 26.3 Å². The Kier molecular flexibility index (Phi) is 4.28. The Morgan fingerprint density at radius 2 is 2.14 bits per heavy atom. The van der Waals surface area contributed by atoms with Crippen LogP contribution in [0.2, 0.25) is 0 Å². The molecule has 1 aliphatic rings. The molecule has 2 N–H and O–H groups in total. The Bertz CT molecular complexity index is 235. The zero-order chi connectivity index (χ0) is 10.6. The lowest BCUT2D eigenvalue weighted by Crippen LogP contribution is -2.40. The van der Waals surface area contributed by atoms with Crippen LogP contribution in [0.15, 0.2) is 11.1 Å². The van der Waals surface area contributed by atoms with Crippen LogP contribution in [-0.4, -0.2) is 42.2 Å². The Morgan fingerprint density at radius 3 is 2.64 bits per heavy atom. The fourth-order valence-corrected chi connectivity index (χ4v) is 1.70.